The fourth-order valence-corrected chi connectivity index (χ4v) is 8.07. The summed E-state index contributed by atoms with van der Waals surface area (Å²) in [5.74, 6) is 0.915. The van der Waals surface area contributed by atoms with Crippen LogP contribution >= 0.6 is 0 Å². The van der Waals surface area contributed by atoms with E-state index < -0.39 is 0 Å². The molecule has 2 aromatic rings. The Morgan fingerprint density at radius 1 is 1.21 bits per heavy atom. The van der Waals surface area contributed by atoms with Crippen LogP contribution in [-0.4, -0.2) is 36.6 Å². The largest absolute Gasteiger partial charge is 0.496 e. The minimum absolute atomic E-state index is 0.0880. The quantitative estimate of drug-likeness (QED) is 0.545. The van der Waals surface area contributed by atoms with Gasteiger partial charge in [-0.15, -0.1) is 0 Å². The number of rotatable bonds is 7. The van der Waals surface area contributed by atoms with Gasteiger partial charge >= 0.3 is 0 Å². The van der Waals surface area contributed by atoms with Gasteiger partial charge in [-0.3, -0.25) is 14.1 Å². The Hall–Kier alpha value is -2.20. The number of benzene rings is 2. The summed E-state index contributed by atoms with van der Waals surface area (Å²) in [4.78, 5) is 16.0. The summed E-state index contributed by atoms with van der Waals surface area (Å²) in [7, 11) is 1.67. The lowest BCUT2D eigenvalue weighted by molar-refractivity contribution is -0.355. The zero-order chi connectivity index (χ0) is 23.0. The predicted molar refractivity (Wildman–Crippen MR) is 128 cm³/mol. The molecule has 0 N–H and O–H groups in total. The number of methoxy groups -OCH3 is 1. The van der Waals surface area contributed by atoms with Crippen LogP contribution in [0.25, 0.3) is 0 Å². The van der Waals surface area contributed by atoms with Crippen LogP contribution in [0.5, 0.6) is 5.75 Å². The van der Waals surface area contributed by atoms with Gasteiger partial charge in [0.05, 0.1) is 13.8 Å². The lowest BCUT2D eigenvalue weighted by Crippen LogP contribution is -2.89. The van der Waals surface area contributed by atoms with Gasteiger partial charge in [0.2, 0.25) is 0 Å². The Morgan fingerprint density at radius 3 is 2.70 bits per heavy atom. The molecule has 4 aliphatic rings. The van der Waals surface area contributed by atoms with Gasteiger partial charge in [0.15, 0.2) is 5.78 Å². The summed E-state index contributed by atoms with van der Waals surface area (Å²) in [5, 5.41) is 0. The second kappa shape index (κ2) is 7.40. The summed E-state index contributed by atoms with van der Waals surface area (Å²) in [6, 6.07) is 13.8. The molecule has 174 valence electrons. The smallest absolute Gasteiger partial charge is 0.166 e. The van der Waals surface area contributed by atoms with Crippen molar-refractivity contribution in [3.8, 4) is 5.75 Å². The van der Waals surface area contributed by atoms with Crippen molar-refractivity contribution in [2.24, 2.45) is 16.7 Å². The molecular weight excluding hydrogens is 413 g/mol. The minimum atomic E-state index is -0.316. The number of halogens is 1. The van der Waals surface area contributed by atoms with Crippen LogP contribution in [0.15, 0.2) is 36.4 Å². The van der Waals surface area contributed by atoms with Crippen molar-refractivity contribution in [3.63, 3.8) is 0 Å². The van der Waals surface area contributed by atoms with Gasteiger partial charge in [-0.2, -0.15) is 0 Å². The van der Waals surface area contributed by atoms with Crippen LogP contribution in [0.2, 0.25) is 0 Å². The van der Waals surface area contributed by atoms with Crippen LogP contribution < -0.4 is 4.74 Å². The molecule has 1 heterocycles. The lowest BCUT2D eigenvalue weighted by Gasteiger charge is -2.84. The molecule has 3 nitrogen and oxygen atoms in total. The molecule has 33 heavy (non-hydrogen) atoms. The average Bonchev–Trinajstić information content (AvgIpc) is 3.08. The molecule has 3 aliphatic carbocycles. The number of likely N-dealkylation sites (tertiary alicyclic amines) is 1. The number of aryl methyl sites for hydroxylation is 2. The first-order valence-corrected chi connectivity index (χ1v) is 12.6. The molecule has 1 spiro atoms. The van der Waals surface area contributed by atoms with Crippen LogP contribution in [0.4, 0.5) is 4.39 Å². The van der Waals surface area contributed by atoms with E-state index in [4.69, 9.17) is 4.74 Å². The molecule has 2 aromatic carbocycles. The van der Waals surface area contributed by atoms with E-state index in [0.717, 1.165) is 54.7 Å². The van der Waals surface area contributed by atoms with Gasteiger partial charge in [0.25, 0.3) is 0 Å². The summed E-state index contributed by atoms with van der Waals surface area (Å²) in [6.45, 7) is 4.93. The maximum atomic E-state index is 14.8. The molecule has 0 amide bonds. The molecule has 6 rings (SSSR count). The van der Waals surface area contributed by atoms with Crippen molar-refractivity contribution in [1.82, 2.24) is 4.90 Å². The number of piperidine rings is 2. The number of ketones is 1. The van der Waals surface area contributed by atoms with Crippen LogP contribution in [-0.2, 0) is 19.4 Å². The number of alkyl halides is 1. The highest BCUT2D eigenvalue weighted by molar-refractivity contribution is 6.02. The molecule has 2 saturated carbocycles. The molecule has 0 bridgehead atoms. The van der Waals surface area contributed by atoms with Crippen molar-refractivity contribution in [3.05, 3.63) is 64.2 Å². The SMILES string of the molecule is CCc1cc2c(cc1OC)C(=O)C(CC1(CF)CC3N(Cc4cccc(C)c4)C4CCC431)C2. The molecule has 1 saturated heterocycles. The number of ether oxygens (including phenoxy) is 1. The van der Waals surface area contributed by atoms with E-state index >= 15 is 0 Å². The highest BCUT2D eigenvalue weighted by Crippen LogP contribution is 2.78. The second-order valence-corrected chi connectivity index (χ2v) is 11.0. The number of nitrogens with zero attached hydrogens (tertiary/aromatic N) is 1. The number of Topliss-reactive ketones (excluding diaryl/α,β-unsaturated/α-hetero) is 1. The number of carbonyl (C=O) groups is 1. The predicted octanol–water partition coefficient (Wildman–Crippen LogP) is 5.70. The zero-order valence-corrected chi connectivity index (χ0v) is 20.0. The third-order valence-electron chi connectivity index (χ3n) is 9.72. The van der Waals surface area contributed by atoms with Gasteiger partial charge in [-0.1, -0.05) is 42.8 Å². The number of hydrogen-bond donors (Lipinski definition) is 0. The summed E-state index contributed by atoms with van der Waals surface area (Å²) < 4.78 is 20.3. The van der Waals surface area contributed by atoms with Crippen molar-refractivity contribution < 1.29 is 13.9 Å². The first-order valence-electron chi connectivity index (χ1n) is 12.6. The molecule has 1 aliphatic heterocycles. The summed E-state index contributed by atoms with van der Waals surface area (Å²) in [6.07, 6.45) is 5.53. The maximum absolute atomic E-state index is 14.8. The summed E-state index contributed by atoms with van der Waals surface area (Å²) >= 11 is 0. The van der Waals surface area contributed by atoms with E-state index in [9.17, 15) is 9.18 Å². The van der Waals surface area contributed by atoms with Gasteiger partial charge in [-0.25, -0.2) is 0 Å². The van der Waals surface area contributed by atoms with Crippen LogP contribution in [0, 0.1) is 23.7 Å². The summed E-state index contributed by atoms with van der Waals surface area (Å²) in [5.41, 5.74) is 5.52. The second-order valence-electron chi connectivity index (χ2n) is 11.0. The maximum Gasteiger partial charge on any atom is 0.166 e. The van der Waals surface area contributed by atoms with E-state index in [-0.39, 0.29) is 29.2 Å². The third kappa shape index (κ3) is 2.73. The van der Waals surface area contributed by atoms with Gasteiger partial charge in [0, 0.05) is 40.9 Å². The Bertz CT molecular complexity index is 1120. The zero-order valence-electron chi connectivity index (χ0n) is 20.0. The van der Waals surface area contributed by atoms with E-state index in [1.165, 1.54) is 17.5 Å². The highest BCUT2D eigenvalue weighted by atomic mass is 19.1. The third-order valence-corrected chi connectivity index (χ3v) is 9.72. The van der Waals surface area contributed by atoms with E-state index in [2.05, 4.69) is 49.1 Å². The first kappa shape index (κ1) is 21.3. The fourth-order valence-electron chi connectivity index (χ4n) is 8.07. The monoisotopic (exact) mass is 447 g/mol. The number of carbonyl (C=O) groups excluding carboxylic acids is 1. The average molecular weight is 448 g/mol. The van der Waals surface area contributed by atoms with E-state index in [0.29, 0.717) is 18.5 Å². The van der Waals surface area contributed by atoms with Gasteiger partial charge in [-0.05, 0) is 68.2 Å². The fraction of sp³-hybridized carbons (Fsp3) is 0.552. The molecular formula is C29H34FNO2. The van der Waals surface area contributed by atoms with Crippen molar-refractivity contribution in [1.29, 1.82) is 0 Å². The molecule has 0 aromatic heterocycles. The molecule has 4 heteroatoms. The Labute approximate surface area is 196 Å². The Kier molecular flexibility index (Phi) is 4.78. The van der Waals surface area contributed by atoms with Crippen LogP contribution in [0.1, 0.15) is 65.2 Å². The molecule has 3 fully saturated rings. The normalized spacial score (nSPS) is 33.9. The van der Waals surface area contributed by atoms with Gasteiger partial charge in [0.1, 0.15) is 5.75 Å². The topological polar surface area (TPSA) is 29.5 Å². The Balaban J connectivity index is 1.21. The molecule has 0 radical (unpaired) electrons. The van der Waals surface area contributed by atoms with E-state index in [1.54, 1.807) is 7.11 Å². The van der Waals surface area contributed by atoms with Crippen molar-refractivity contribution in [2.45, 2.75) is 71.0 Å². The first-order chi connectivity index (χ1) is 16.0. The number of fused-ring (bicyclic) bond motifs is 1. The van der Waals surface area contributed by atoms with Crippen LogP contribution in [0.3, 0.4) is 0 Å². The molecule has 5 atom stereocenters. The highest BCUT2D eigenvalue weighted by Gasteiger charge is 2.80. The Morgan fingerprint density at radius 2 is 2.06 bits per heavy atom. The van der Waals surface area contributed by atoms with Crippen molar-refractivity contribution >= 4 is 5.78 Å². The molecule has 5 unspecified atom stereocenters. The minimum Gasteiger partial charge on any atom is -0.496 e. The van der Waals surface area contributed by atoms with E-state index in [1.807, 2.05) is 6.07 Å². The van der Waals surface area contributed by atoms with Gasteiger partial charge < -0.3 is 4.74 Å². The number of hydrogen-bond acceptors (Lipinski definition) is 3. The van der Waals surface area contributed by atoms with Crippen molar-refractivity contribution in [2.75, 3.05) is 13.8 Å². The lowest BCUT2D eigenvalue weighted by atomic mass is 9.30. The standard InChI is InChI=1S/C29H34FNO2/c1-4-20-11-21-12-22(27(32)23(21)13-24(20)33-3)14-28(17-30)15-26-29(28)9-8-25(29)31(26)16-19-7-5-6-18(2)10-19/h5-7,10-11,13,22,25-26H,4,8-9,12,14-17H2,1-3H3.